The Kier molecular flexibility index (Phi) is 5.49. The highest BCUT2D eigenvalue weighted by Gasteiger charge is 2.29. The van der Waals surface area contributed by atoms with Crippen molar-refractivity contribution in [1.82, 2.24) is 10.2 Å². The number of thioether (sulfide) groups is 1. The van der Waals surface area contributed by atoms with Gasteiger partial charge in [0.15, 0.2) is 0 Å². The molecule has 1 aromatic carbocycles. The van der Waals surface area contributed by atoms with Gasteiger partial charge in [-0.25, -0.2) is 0 Å². The first-order chi connectivity index (χ1) is 9.59. The third-order valence-electron chi connectivity index (χ3n) is 3.63. The Balaban J connectivity index is 2.10. The Morgan fingerprint density at radius 1 is 1.25 bits per heavy atom. The van der Waals surface area contributed by atoms with Gasteiger partial charge in [-0.2, -0.15) is 0 Å². The van der Waals surface area contributed by atoms with Crippen molar-refractivity contribution in [2.75, 3.05) is 26.2 Å². The van der Waals surface area contributed by atoms with Crippen molar-refractivity contribution in [3.8, 4) is 0 Å². The molecule has 1 amide bonds. The fraction of sp³-hybridized carbons (Fsp3) is 0.562. The van der Waals surface area contributed by atoms with Crippen LogP contribution in [-0.4, -0.2) is 42.2 Å². The van der Waals surface area contributed by atoms with Crippen LogP contribution in [0, 0.1) is 12.8 Å². The molecule has 3 nitrogen and oxygen atoms in total. The van der Waals surface area contributed by atoms with Gasteiger partial charge in [0.2, 0.25) is 5.91 Å². The molecule has 0 spiro atoms. The molecule has 1 fully saturated rings. The summed E-state index contributed by atoms with van der Waals surface area (Å²) in [6, 6.07) is 8.30. The third-order valence-corrected chi connectivity index (χ3v) is 5.34. The summed E-state index contributed by atoms with van der Waals surface area (Å²) < 4.78 is 0. The molecule has 0 bridgehead atoms. The predicted molar refractivity (Wildman–Crippen MR) is 85.1 cm³/mol. The van der Waals surface area contributed by atoms with E-state index in [2.05, 4.69) is 38.2 Å². The Hall–Kier alpha value is -1.00. The van der Waals surface area contributed by atoms with Gasteiger partial charge in [-0.3, -0.25) is 4.79 Å². The maximum absolute atomic E-state index is 12.7. The summed E-state index contributed by atoms with van der Waals surface area (Å²) in [5, 5.41) is 3.30. The van der Waals surface area contributed by atoms with Gasteiger partial charge in [-0.1, -0.05) is 32.0 Å². The lowest BCUT2D eigenvalue weighted by molar-refractivity contribution is -0.131. The van der Waals surface area contributed by atoms with Gasteiger partial charge in [0.05, 0.1) is 5.25 Å². The largest absolute Gasteiger partial charge is 0.339 e. The highest BCUT2D eigenvalue weighted by molar-refractivity contribution is 8.00. The van der Waals surface area contributed by atoms with E-state index >= 15 is 0 Å². The van der Waals surface area contributed by atoms with Crippen molar-refractivity contribution < 1.29 is 4.79 Å². The summed E-state index contributed by atoms with van der Waals surface area (Å²) in [6.45, 7) is 9.85. The van der Waals surface area contributed by atoms with Crippen molar-refractivity contribution >= 4 is 17.7 Å². The molecule has 110 valence electrons. The van der Waals surface area contributed by atoms with Gasteiger partial charge >= 0.3 is 0 Å². The molecule has 1 aliphatic rings. The average molecular weight is 292 g/mol. The first-order valence-corrected chi connectivity index (χ1v) is 8.19. The van der Waals surface area contributed by atoms with Crippen LogP contribution in [0.25, 0.3) is 0 Å². The molecule has 1 heterocycles. The lowest BCUT2D eigenvalue weighted by Crippen LogP contribution is -2.50. The number of aryl methyl sites for hydroxylation is 1. The van der Waals surface area contributed by atoms with E-state index in [9.17, 15) is 4.79 Å². The Bertz CT molecular complexity index is 456. The SMILES string of the molecule is Cc1ccccc1SC(C(=O)N1CCNCC1)C(C)C. The minimum Gasteiger partial charge on any atom is -0.339 e. The molecule has 4 heteroatoms. The number of hydrogen-bond acceptors (Lipinski definition) is 3. The maximum atomic E-state index is 12.7. The summed E-state index contributed by atoms with van der Waals surface area (Å²) in [5.74, 6) is 0.622. The molecule has 2 rings (SSSR count). The number of hydrogen-bond donors (Lipinski definition) is 1. The van der Waals surface area contributed by atoms with E-state index in [-0.39, 0.29) is 11.2 Å². The number of nitrogens with zero attached hydrogens (tertiary/aromatic N) is 1. The standard InChI is InChI=1S/C16H24N2OS/c1-12(2)15(16(19)18-10-8-17-9-11-18)20-14-7-5-4-6-13(14)3/h4-7,12,15,17H,8-11H2,1-3H3. The lowest BCUT2D eigenvalue weighted by Gasteiger charge is -2.32. The Morgan fingerprint density at radius 2 is 1.90 bits per heavy atom. The summed E-state index contributed by atoms with van der Waals surface area (Å²) in [7, 11) is 0. The second-order valence-electron chi connectivity index (χ2n) is 5.62. The van der Waals surface area contributed by atoms with Gasteiger partial charge in [0.1, 0.15) is 0 Å². The van der Waals surface area contributed by atoms with Crippen LogP contribution in [0.3, 0.4) is 0 Å². The molecule has 1 saturated heterocycles. The lowest BCUT2D eigenvalue weighted by atomic mass is 10.1. The molecule has 0 aliphatic carbocycles. The average Bonchev–Trinajstić information content (AvgIpc) is 2.46. The van der Waals surface area contributed by atoms with Crippen LogP contribution < -0.4 is 5.32 Å². The van der Waals surface area contributed by atoms with Crippen molar-refractivity contribution in [3.63, 3.8) is 0 Å². The molecular formula is C16H24N2OS. The van der Waals surface area contributed by atoms with Crippen molar-refractivity contribution in [3.05, 3.63) is 29.8 Å². The van der Waals surface area contributed by atoms with E-state index in [1.54, 1.807) is 11.8 Å². The fourth-order valence-corrected chi connectivity index (χ4v) is 3.57. The van der Waals surface area contributed by atoms with Crippen molar-refractivity contribution in [1.29, 1.82) is 0 Å². The zero-order chi connectivity index (χ0) is 14.5. The smallest absolute Gasteiger partial charge is 0.236 e. The summed E-state index contributed by atoms with van der Waals surface area (Å²) in [4.78, 5) is 16.0. The van der Waals surface area contributed by atoms with Crippen LogP contribution in [0.5, 0.6) is 0 Å². The Labute approximate surface area is 126 Å². The maximum Gasteiger partial charge on any atom is 0.236 e. The summed E-state index contributed by atoms with van der Waals surface area (Å²) >= 11 is 1.71. The first kappa shape index (κ1) is 15.4. The number of nitrogens with one attached hydrogen (secondary N) is 1. The van der Waals surface area contributed by atoms with Crippen LogP contribution in [0.1, 0.15) is 19.4 Å². The number of carbonyl (C=O) groups excluding carboxylic acids is 1. The monoisotopic (exact) mass is 292 g/mol. The van der Waals surface area contributed by atoms with Crippen LogP contribution >= 0.6 is 11.8 Å². The molecule has 0 radical (unpaired) electrons. The second kappa shape index (κ2) is 7.14. The molecule has 1 atom stereocenters. The van der Waals surface area contributed by atoms with Gasteiger partial charge in [0, 0.05) is 31.1 Å². The van der Waals surface area contributed by atoms with Gasteiger partial charge in [-0.05, 0) is 24.5 Å². The van der Waals surface area contributed by atoms with Crippen LogP contribution in [0.2, 0.25) is 0 Å². The highest BCUT2D eigenvalue weighted by Crippen LogP contribution is 2.31. The van der Waals surface area contributed by atoms with Gasteiger partial charge in [0.25, 0.3) is 0 Å². The fourth-order valence-electron chi connectivity index (χ4n) is 2.36. The van der Waals surface area contributed by atoms with Crippen molar-refractivity contribution in [2.24, 2.45) is 5.92 Å². The van der Waals surface area contributed by atoms with E-state index in [4.69, 9.17) is 0 Å². The number of carbonyl (C=O) groups is 1. The molecule has 0 aromatic heterocycles. The third kappa shape index (κ3) is 3.76. The number of rotatable bonds is 4. The predicted octanol–water partition coefficient (Wildman–Crippen LogP) is 2.54. The first-order valence-electron chi connectivity index (χ1n) is 7.31. The minimum absolute atomic E-state index is 0.00852. The minimum atomic E-state index is 0.00852. The van der Waals surface area contributed by atoms with Crippen LogP contribution in [-0.2, 0) is 4.79 Å². The topological polar surface area (TPSA) is 32.3 Å². The van der Waals surface area contributed by atoms with Gasteiger partial charge < -0.3 is 10.2 Å². The molecule has 1 N–H and O–H groups in total. The normalized spacial score (nSPS) is 17.3. The molecule has 1 aliphatic heterocycles. The van der Waals surface area contributed by atoms with E-state index in [1.165, 1.54) is 10.5 Å². The van der Waals surface area contributed by atoms with E-state index in [0.717, 1.165) is 26.2 Å². The molecule has 1 unspecified atom stereocenters. The zero-order valence-corrected chi connectivity index (χ0v) is 13.4. The van der Waals surface area contributed by atoms with Crippen LogP contribution in [0.4, 0.5) is 0 Å². The van der Waals surface area contributed by atoms with E-state index in [0.29, 0.717) is 5.92 Å². The summed E-state index contributed by atoms with van der Waals surface area (Å²) in [5.41, 5.74) is 1.25. The molecule has 0 saturated carbocycles. The zero-order valence-electron chi connectivity index (χ0n) is 12.6. The van der Waals surface area contributed by atoms with Crippen LogP contribution in [0.15, 0.2) is 29.2 Å². The molecule has 1 aromatic rings. The summed E-state index contributed by atoms with van der Waals surface area (Å²) in [6.07, 6.45) is 0. The molecular weight excluding hydrogens is 268 g/mol. The Morgan fingerprint density at radius 3 is 2.50 bits per heavy atom. The van der Waals surface area contributed by atoms with Crippen molar-refractivity contribution in [2.45, 2.75) is 30.9 Å². The van der Waals surface area contributed by atoms with Gasteiger partial charge in [-0.15, -0.1) is 11.8 Å². The highest BCUT2D eigenvalue weighted by atomic mass is 32.2. The quantitative estimate of drug-likeness (QED) is 0.866. The van der Waals surface area contributed by atoms with E-state index in [1.807, 2.05) is 17.0 Å². The van der Waals surface area contributed by atoms with E-state index < -0.39 is 0 Å². The number of amides is 1. The second-order valence-corrected chi connectivity index (χ2v) is 6.81. The number of benzene rings is 1. The number of piperazine rings is 1. The molecule has 20 heavy (non-hydrogen) atoms.